The maximum absolute atomic E-state index is 13.6. The van der Waals surface area contributed by atoms with E-state index in [0.717, 1.165) is 57.4 Å². The Labute approximate surface area is 308 Å². The standard InChI is InChI=1S/C36H45Cl4N5O4/c1-42(35(48)25-17-26(37)21-27(38)18-25)22-33(41)30(23-4-5-31(39)32(40)19-23)10-14-43-12-6-28(7-13-43)45-11-2-3-24(36(45)49)20-34(47)44-15-8-29(46)9-16-44/h4-5,17-19,21,24,28-30,41,46H,2-3,6-16,20,22H2,1H3. The van der Waals surface area contributed by atoms with Crippen LogP contribution < -0.4 is 0 Å². The SMILES string of the molecule is CN(CC(=N)C(CCN1CCC(N2CCCC(CC(=O)N3CCC(O)CC3)C2=O)CC1)c1ccc(Cl)c(Cl)c1)C(=O)c1cc(Cl)cc(Cl)c1. The molecule has 3 saturated heterocycles. The number of nitrogens with one attached hydrogen (secondary N) is 1. The summed E-state index contributed by atoms with van der Waals surface area (Å²) in [5, 5.41) is 20.5. The van der Waals surface area contributed by atoms with Crippen LogP contribution in [0.5, 0.6) is 0 Å². The molecule has 3 aliphatic heterocycles. The third kappa shape index (κ3) is 9.89. The molecule has 3 aliphatic rings. The normalized spacial score (nSPS) is 20.4. The zero-order valence-electron chi connectivity index (χ0n) is 27.9. The predicted molar refractivity (Wildman–Crippen MR) is 195 cm³/mol. The van der Waals surface area contributed by atoms with E-state index >= 15 is 0 Å². The van der Waals surface area contributed by atoms with Gasteiger partial charge in [0.15, 0.2) is 0 Å². The van der Waals surface area contributed by atoms with Crippen LogP contribution in [0.3, 0.4) is 0 Å². The van der Waals surface area contributed by atoms with E-state index in [0.29, 0.717) is 63.7 Å². The van der Waals surface area contributed by atoms with Crippen molar-refractivity contribution in [3.63, 3.8) is 0 Å². The number of benzene rings is 2. The lowest BCUT2D eigenvalue weighted by molar-refractivity contribution is -0.147. The van der Waals surface area contributed by atoms with Gasteiger partial charge in [0, 0.05) is 85.4 Å². The van der Waals surface area contributed by atoms with Crippen molar-refractivity contribution in [3.8, 4) is 0 Å². The van der Waals surface area contributed by atoms with Gasteiger partial charge in [-0.15, -0.1) is 0 Å². The molecule has 0 spiro atoms. The fraction of sp³-hybridized carbons (Fsp3) is 0.556. The van der Waals surface area contributed by atoms with Crippen LogP contribution in [0.2, 0.25) is 20.1 Å². The third-order valence-electron chi connectivity index (χ3n) is 10.2. The number of carbonyl (C=O) groups is 3. The second-order valence-electron chi connectivity index (χ2n) is 13.6. The lowest BCUT2D eigenvalue weighted by Crippen LogP contribution is -2.52. The Morgan fingerprint density at radius 3 is 2.24 bits per heavy atom. The number of aliphatic hydroxyl groups is 1. The topological polar surface area (TPSA) is 108 Å². The van der Waals surface area contributed by atoms with E-state index in [2.05, 4.69) is 4.90 Å². The molecular formula is C36H45Cl4N5O4. The van der Waals surface area contributed by atoms with E-state index < -0.39 is 0 Å². The summed E-state index contributed by atoms with van der Waals surface area (Å²) in [4.78, 5) is 47.4. The van der Waals surface area contributed by atoms with Crippen LogP contribution in [0.15, 0.2) is 36.4 Å². The molecule has 9 nitrogen and oxygen atoms in total. The maximum atomic E-state index is 13.6. The molecule has 0 radical (unpaired) electrons. The van der Waals surface area contributed by atoms with Gasteiger partial charge in [0.2, 0.25) is 11.8 Å². The molecule has 2 aromatic carbocycles. The second kappa shape index (κ2) is 17.2. The van der Waals surface area contributed by atoms with Crippen molar-refractivity contribution in [1.29, 1.82) is 5.41 Å². The van der Waals surface area contributed by atoms with Crippen LogP contribution in [-0.2, 0) is 9.59 Å². The number of likely N-dealkylation sites (tertiary alicyclic amines) is 3. The first-order valence-electron chi connectivity index (χ1n) is 17.1. The van der Waals surface area contributed by atoms with Gasteiger partial charge in [-0.05, 0) is 87.4 Å². The minimum atomic E-state index is -0.339. The second-order valence-corrected chi connectivity index (χ2v) is 15.3. The molecule has 2 atom stereocenters. The van der Waals surface area contributed by atoms with E-state index in [1.54, 1.807) is 42.3 Å². The number of rotatable bonds is 11. The van der Waals surface area contributed by atoms with Crippen LogP contribution in [-0.4, -0.2) is 113 Å². The minimum absolute atomic E-state index is 0.0217. The van der Waals surface area contributed by atoms with Crippen molar-refractivity contribution >= 4 is 69.8 Å². The molecule has 0 aliphatic carbocycles. The van der Waals surface area contributed by atoms with E-state index in [1.807, 2.05) is 11.0 Å². The molecule has 0 bridgehead atoms. The van der Waals surface area contributed by atoms with Crippen molar-refractivity contribution in [2.45, 2.75) is 69.4 Å². The first kappa shape index (κ1) is 37.8. The summed E-state index contributed by atoms with van der Waals surface area (Å²) < 4.78 is 0. The molecule has 13 heteroatoms. The molecule has 3 amide bonds. The molecule has 3 fully saturated rings. The van der Waals surface area contributed by atoms with Crippen molar-refractivity contribution in [2.75, 3.05) is 52.9 Å². The molecule has 266 valence electrons. The van der Waals surface area contributed by atoms with Gasteiger partial charge in [-0.1, -0.05) is 52.5 Å². The summed E-state index contributed by atoms with van der Waals surface area (Å²) in [6.07, 6.45) is 5.10. The minimum Gasteiger partial charge on any atom is -0.393 e. The molecule has 2 N–H and O–H groups in total. The summed E-state index contributed by atoms with van der Waals surface area (Å²) in [6, 6.07) is 10.3. The predicted octanol–water partition coefficient (Wildman–Crippen LogP) is 6.64. The van der Waals surface area contributed by atoms with Gasteiger partial charge in [0.25, 0.3) is 5.91 Å². The lowest BCUT2D eigenvalue weighted by Gasteiger charge is -2.42. The monoisotopic (exact) mass is 751 g/mol. The summed E-state index contributed by atoms with van der Waals surface area (Å²) in [6.45, 7) is 4.33. The summed E-state index contributed by atoms with van der Waals surface area (Å²) in [5.41, 5.74) is 1.59. The summed E-state index contributed by atoms with van der Waals surface area (Å²) >= 11 is 24.9. The van der Waals surface area contributed by atoms with Gasteiger partial charge >= 0.3 is 0 Å². The quantitative estimate of drug-likeness (QED) is 0.250. The highest BCUT2D eigenvalue weighted by molar-refractivity contribution is 6.42. The summed E-state index contributed by atoms with van der Waals surface area (Å²) in [7, 11) is 1.66. The smallest absolute Gasteiger partial charge is 0.254 e. The van der Waals surface area contributed by atoms with E-state index in [-0.39, 0.29) is 54.7 Å². The fourth-order valence-corrected chi connectivity index (χ4v) is 8.19. The highest BCUT2D eigenvalue weighted by Crippen LogP contribution is 2.31. The van der Waals surface area contributed by atoms with Gasteiger partial charge in [0.1, 0.15) is 0 Å². The van der Waals surface area contributed by atoms with Crippen molar-refractivity contribution in [3.05, 3.63) is 67.6 Å². The number of hydrogen-bond donors (Lipinski definition) is 2. The maximum Gasteiger partial charge on any atom is 0.254 e. The Morgan fingerprint density at radius 1 is 0.918 bits per heavy atom. The number of nitrogens with zero attached hydrogens (tertiary/aromatic N) is 4. The van der Waals surface area contributed by atoms with Crippen LogP contribution in [0.25, 0.3) is 0 Å². The fourth-order valence-electron chi connectivity index (χ4n) is 7.36. The Balaban J connectivity index is 1.16. The number of piperidine rings is 3. The Hall–Kier alpha value is -2.40. The van der Waals surface area contributed by atoms with E-state index in [9.17, 15) is 19.5 Å². The third-order valence-corrected chi connectivity index (χ3v) is 11.4. The van der Waals surface area contributed by atoms with Crippen LogP contribution in [0.4, 0.5) is 0 Å². The highest BCUT2D eigenvalue weighted by Gasteiger charge is 2.37. The molecular weight excluding hydrogens is 708 g/mol. The Kier molecular flexibility index (Phi) is 13.3. The molecule has 2 unspecified atom stereocenters. The van der Waals surface area contributed by atoms with Crippen molar-refractivity contribution in [1.82, 2.24) is 19.6 Å². The molecule has 5 rings (SSSR count). The van der Waals surface area contributed by atoms with Gasteiger partial charge in [-0.3, -0.25) is 14.4 Å². The largest absolute Gasteiger partial charge is 0.393 e. The van der Waals surface area contributed by atoms with Gasteiger partial charge < -0.3 is 30.1 Å². The van der Waals surface area contributed by atoms with Gasteiger partial charge in [-0.2, -0.15) is 0 Å². The number of amides is 3. The molecule has 2 aromatic rings. The first-order valence-corrected chi connectivity index (χ1v) is 18.6. The van der Waals surface area contributed by atoms with E-state index in [4.69, 9.17) is 51.8 Å². The lowest BCUT2D eigenvalue weighted by atomic mass is 9.89. The van der Waals surface area contributed by atoms with Gasteiger partial charge in [-0.25, -0.2) is 0 Å². The number of hydrogen-bond acceptors (Lipinski definition) is 6. The zero-order chi connectivity index (χ0) is 35.2. The Morgan fingerprint density at radius 2 is 1.59 bits per heavy atom. The average molecular weight is 754 g/mol. The number of carbonyl (C=O) groups excluding carboxylic acids is 3. The molecule has 0 saturated carbocycles. The summed E-state index contributed by atoms with van der Waals surface area (Å²) in [5.74, 6) is -0.731. The van der Waals surface area contributed by atoms with Crippen LogP contribution >= 0.6 is 46.4 Å². The number of aliphatic hydroxyl groups excluding tert-OH is 1. The van der Waals surface area contributed by atoms with Crippen LogP contribution in [0, 0.1) is 11.3 Å². The van der Waals surface area contributed by atoms with Crippen molar-refractivity contribution < 1.29 is 19.5 Å². The highest BCUT2D eigenvalue weighted by atomic mass is 35.5. The van der Waals surface area contributed by atoms with Gasteiger partial charge in [0.05, 0.1) is 22.7 Å². The molecule has 3 heterocycles. The first-order chi connectivity index (χ1) is 23.4. The van der Waals surface area contributed by atoms with Crippen molar-refractivity contribution in [2.24, 2.45) is 5.92 Å². The van der Waals surface area contributed by atoms with Crippen LogP contribution in [0.1, 0.15) is 73.2 Å². The molecule has 0 aromatic heterocycles. The number of halogens is 4. The zero-order valence-corrected chi connectivity index (χ0v) is 30.9. The average Bonchev–Trinajstić information content (AvgIpc) is 3.07. The van der Waals surface area contributed by atoms with E-state index in [1.165, 1.54) is 4.90 Å². The molecule has 49 heavy (non-hydrogen) atoms. The Bertz CT molecular complexity index is 1510.